The van der Waals surface area contributed by atoms with Crippen LogP contribution in [0.15, 0.2) is 65.6 Å². The predicted octanol–water partition coefficient (Wildman–Crippen LogP) is 5.84. The number of H-pyrrole nitrogens is 1. The number of hydrogen-bond donors (Lipinski definition) is 1. The summed E-state index contributed by atoms with van der Waals surface area (Å²) >= 11 is 0. The third kappa shape index (κ3) is 5.63. The molecule has 3 aromatic rings. The van der Waals surface area contributed by atoms with Gasteiger partial charge in [0, 0.05) is 42.6 Å². The van der Waals surface area contributed by atoms with Crippen LogP contribution in [0.2, 0.25) is 0 Å². The molecule has 2 aromatic carbocycles. The molecule has 0 radical (unpaired) electrons. The second-order valence-electron chi connectivity index (χ2n) is 9.62. The molecule has 0 saturated carbocycles. The van der Waals surface area contributed by atoms with Gasteiger partial charge in [-0.05, 0) is 69.1 Å². The highest BCUT2D eigenvalue weighted by molar-refractivity contribution is 7.89. The Bertz CT molecular complexity index is 1220. The van der Waals surface area contributed by atoms with Crippen LogP contribution in [0.3, 0.4) is 0 Å². The molecule has 1 saturated heterocycles. The van der Waals surface area contributed by atoms with Crippen molar-refractivity contribution in [1.29, 1.82) is 0 Å². The molecule has 1 N–H and O–H groups in total. The Kier molecular flexibility index (Phi) is 7.99. The zero-order valence-electron chi connectivity index (χ0n) is 21.2. The van der Waals surface area contributed by atoms with E-state index in [0.717, 1.165) is 36.5 Å². The number of hydrogen-bond acceptors (Lipinski definition) is 4. The van der Waals surface area contributed by atoms with Gasteiger partial charge in [-0.25, -0.2) is 8.42 Å². The average molecular weight is 496 g/mol. The van der Waals surface area contributed by atoms with Gasteiger partial charge in [0.15, 0.2) is 0 Å². The van der Waals surface area contributed by atoms with Gasteiger partial charge in [0.05, 0.1) is 12.0 Å². The number of rotatable bonds is 8. The molecule has 0 spiro atoms. The summed E-state index contributed by atoms with van der Waals surface area (Å²) in [5, 5.41) is 0. The van der Waals surface area contributed by atoms with Crippen molar-refractivity contribution >= 4 is 10.0 Å². The molecule has 1 aromatic heterocycles. The number of sulfonamides is 1. The lowest BCUT2D eigenvalue weighted by atomic mass is 10.0. The molecule has 6 nitrogen and oxygen atoms in total. The molecule has 1 atom stereocenters. The van der Waals surface area contributed by atoms with Gasteiger partial charge in [-0.1, -0.05) is 43.2 Å². The molecule has 7 heteroatoms. The molecule has 0 unspecified atom stereocenters. The summed E-state index contributed by atoms with van der Waals surface area (Å²) in [7, 11) is -0.374. The van der Waals surface area contributed by atoms with E-state index in [1.807, 2.05) is 19.9 Å². The minimum absolute atomic E-state index is 0.131. The lowest BCUT2D eigenvalue weighted by Gasteiger charge is -2.30. The second-order valence-corrected chi connectivity index (χ2v) is 11.6. The predicted molar refractivity (Wildman–Crippen MR) is 141 cm³/mol. The molecule has 1 aliphatic rings. The Morgan fingerprint density at radius 1 is 1.06 bits per heavy atom. The molecule has 2 heterocycles. The molecule has 35 heavy (non-hydrogen) atoms. The van der Waals surface area contributed by atoms with Crippen LogP contribution in [0.5, 0.6) is 5.75 Å². The quantitative estimate of drug-likeness (QED) is 0.427. The second kappa shape index (κ2) is 11.0. The zero-order valence-corrected chi connectivity index (χ0v) is 22.0. The Morgan fingerprint density at radius 2 is 1.83 bits per heavy atom. The Labute approximate surface area is 210 Å². The maximum Gasteiger partial charge on any atom is 0.243 e. The number of aromatic amines is 1. The van der Waals surface area contributed by atoms with Crippen molar-refractivity contribution in [3.8, 4) is 17.0 Å². The van der Waals surface area contributed by atoms with Crippen LogP contribution in [0.25, 0.3) is 11.3 Å². The van der Waals surface area contributed by atoms with E-state index in [1.54, 1.807) is 32.4 Å². The first-order chi connectivity index (χ1) is 16.8. The van der Waals surface area contributed by atoms with Crippen LogP contribution in [-0.2, 0) is 16.6 Å². The van der Waals surface area contributed by atoms with E-state index in [4.69, 9.17) is 4.74 Å². The van der Waals surface area contributed by atoms with Gasteiger partial charge in [0.1, 0.15) is 5.75 Å². The molecule has 1 fully saturated rings. The third-order valence-electron chi connectivity index (χ3n) is 7.03. The number of likely N-dealkylation sites (tertiary alicyclic amines) is 1. The number of benzene rings is 2. The summed E-state index contributed by atoms with van der Waals surface area (Å²) in [6.45, 7) is 5.61. The van der Waals surface area contributed by atoms with Crippen LogP contribution in [0, 0.1) is 0 Å². The average Bonchev–Trinajstić information content (AvgIpc) is 3.21. The maximum absolute atomic E-state index is 13.1. The smallest absolute Gasteiger partial charge is 0.243 e. The molecule has 4 rings (SSSR count). The summed E-state index contributed by atoms with van der Waals surface area (Å²) in [6.07, 6.45) is 4.87. The number of aromatic nitrogens is 1. The fourth-order valence-corrected chi connectivity index (χ4v) is 6.21. The third-order valence-corrected chi connectivity index (χ3v) is 9.06. The first-order valence-corrected chi connectivity index (χ1v) is 13.9. The van der Waals surface area contributed by atoms with E-state index in [0.29, 0.717) is 11.8 Å². The first kappa shape index (κ1) is 25.5. The normalized spacial score (nSPS) is 17.6. The molecule has 0 bridgehead atoms. The topological polar surface area (TPSA) is 65.6 Å². The molecule has 188 valence electrons. The van der Waals surface area contributed by atoms with Gasteiger partial charge in [-0.15, -0.1) is 0 Å². The lowest BCUT2D eigenvalue weighted by molar-refractivity contribution is 0.190. The van der Waals surface area contributed by atoms with Crippen molar-refractivity contribution in [2.24, 2.45) is 0 Å². The van der Waals surface area contributed by atoms with Crippen LogP contribution in [0.1, 0.15) is 56.8 Å². The fraction of sp³-hybridized carbons (Fsp3) is 0.429. The standard InChI is InChI=1S/C28H37N3O3S/c1-21(2)30(3)35(32,33)24-15-17-28(34-4)25(19-24)26-16-14-23(29-26)20-31-18-10-6-9-13-27(31)22-11-7-5-8-12-22/h5,7-8,11-12,14-17,19,21,27,29H,6,9-10,13,18,20H2,1-4H3/t27-/m1/s1. The van der Waals surface area contributed by atoms with Gasteiger partial charge in [-0.2, -0.15) is 4.31 Å². The van der Waals surface area contributed by atoms with Gasteiger partial charge in [0.2, 0.25) is 10.0 Å². The molecule has 0 amide bonds. The highest BCUT2D eigenvalue weighted by Gasteiger charge is 2.26. The largest absolute Gasteiger partial charge is 0.496 e. The summed E-state index contributed by atoms with van der Waals surface area (Å²) < 4.78 is 33.2. The molecule has 0 aliphatic carbocycles. The molecular weight excluding hydrogens is 458 g/mol. The van der Waals surface area contributed by atoms with Crippen molar-refractivity contribution in [1.82, 2.24) is 14.2 Å². The van der Waals surface area contributed by atoms with Crippen molar-refractivity contribution in [3.05, 3.63) is 71.9 Å². The van der Waals surface area contributed by atoms with E-state index in [2.05, 4.69) is 46.3 Å². The van der Waals surface area contributed by atoms with Crippen molar-refractivity contribution in [2.45, 2.75) is 63.1 Å². The molecule has 1 aliphatic heterocycles. The Hall–Kier alpha value is -2.61. The minimum Gasteiger partial charge on any atom is -0.496 e. The van der Waals surface area contributed by atoms with Crippen LogP contribution in [0.4, 0.5) is 0 Å². The van der Waals surface area contributed by atoms with Crippen molar-refractivity contribution in [3.63, 3.8) is 0 Å². The highest BCUT2D eigenvalue weighted by atomic mass is 32.2. The van der Waals surface area contributed by atoms with Crippen LogP contribution < -0.4 is 4.74 Å². The number of ether oxygens (including phenoxy) is 1. The van der Waals surface area contributed by atoms with Crippen LogP contribution >= 0.6 is 0 Å². The van der Waals surface area contributed by atoms with Crippen LogP contribution in [-0.4, -0.2) is 49.4 Å². The summed E-state index contributed by atoms with van der Waals surface area (Å²) in [5.41, 5.74) is 4.08. The minimum atomic E-state index is -3.60. The first-order valence-electron chi connectivity index (χ1n) is 12.4. The number of nitrogens with one attached hydrogen (secondary N) is 1. The lowest BCUT2D eigenvalue weighted by Crippen LogP contribution is -2.33. The number of nitrogens with zero attached hydrogens (tertiary/aromatic N) is 2. The van der Waals surface area contributed by atoms with Gasteiger partial charge >= 0.3 is 0 Å². The monoisotopic (exact) mass is 495 g/mol. The summed E-state index contributed by atoms with van der Waals surface area (Å²) in [6, 6.07) is 20.2. The zero-order chi connectivity index (χ0) is 25.0. The van der Waals surface area contributed by atoms with Crippen molar-refractivity contribution in [2.75, 3.05) is 20.7 Å². The maximum atomic E-state index is 13.1. The van der Waals surface area contributed by atoms with Gasteiger partial charge in [0.25, 0.3) is 0 Å². The Balaban J connectivity index is 1.62. The highest BCUT2D eigenvalue weighted by Crippen LogP contribution is 2.35. The summed E-state index contributed by atoms with van der Waals surface area (Å²) in [4.78, 5) is 6.37. The summed E-state index contributed by atoms with van der Waals surface area (Å²) in [5.74, 6) is 0.640. The van der Waals surface area contributed by atoms with E-state index >= 15 is 0 Å². The van der Waals surface area contributed by atoms with E-state index in [9.17, 15) is 8.42 Å². The van der Waals surface area contributed by atoms with Gasteiger partial charge in [-0.3, -0.25) is 4.90 Å². The Morgan fingerprint density at radius 3 is 2.54 bits per heavy atom. The fourth-order valence-electron chi connectivity index (χ4n) is 4.82. The van der Waals surface area contributed by atoms with Gasteiger partial charge < -0.3 is 9.72 Å². The SMILES string of the molecule is COc1ccc(S(=O)(=O)N(C)C(C)C)cc1-c1ccc(CN2CCCCC[C@@H]2c2ccccc2)[nH]1. The van der Waals surface area contributed by atoms with Crippen molar-refractivity contribution < 1.29 is 13.2 Å². The molecular formula is C28H37N3O3S. The number of methoxy groups -OCH3 is 1. The van der Waals surface area contributed by atoms with E-state index < -0.39 is 10.0 Å². The van der Waals surface area contributed by atoms with E-state index in [-0.39, 0.29) is 10.9 Å². The van der Waals surface area contributed by atoms with E-state index in [1.165, 1.54) is 29.1 Å².